The molecular weight excluding hydrogens is 364 g/mol. The summed E-state index contributed by atoms with van der Waals surface area (Å²) in [4.78, 5) is 27.0. The molecule has 0 bridgehead atoms. The smallest absolute Gasteiger partial charge is 0.268 e. The fourth-order valence-electron chi connectivity index (χ4n) is 3.96. The second kappa shape index (κ2) is 6.34. The van der Waals surface area contributed by atoms with Gasteiger partial charge in [-0.1, -0.05) is 42.5 Å². The molecule has 0 N–H and O–H groups in total. The lowest BCUT2D eigenvalue weighted by atomic mass is 10.0. The van der Waals surface area contributed by atoms with Crippen LogP contribution in [0.25, 0.3) is 33.1 Å². The summed E-state index contributed by atoms with van der Waals surface area (Å²) < 4.78 is 8.97. The number of allylic oxidation sites excluding steroid dienone is 4. The molecule has 29 heavy (non-hydrogen) atoms. The molecule has 2 aromatic carbocycles. The van der Waals surface area contributed by atoms with Crippen LogP contribution in [-0.4, -0.2) is 16.2 Å². The van der Waals surface area contributed by atoms with Gasteiger partial charge in [0.25, 0.3) is 5.56 Å². The highest BCUT2D eigenvalue weighted by Gasteiger charge is 2.20. The van der Waals surface area contributed by atoms with E-state index < -0.39 is 0 Å². The zero-order valence-electron chi connectivity index (χ0n) is 16.0. The molecule has 5 nitrogen and oxygen atoms in total. The number of para-hydroxylation sites is 2. The minimum absolute atomic E-state index is 0.171. The number of ether oxygens (including phenoxy) is 1. The molecule has 0 aliphatic heterocycles. The maximum absolute atomic E-state index is 13.6. The molecule has 5 rings (SSSR count). The Morgan fingerprint density at radius 3 is 2.38 bits per heavy atom. The molecule has 4 aromatic rings. The first-order valence-electron chi connectivity index (χ1n) is 9.31. The second-order valence-electron chi connectivity index (χ2n) is 6.99. The summed E-state index contributed by atoms with van der Waals surface area (Å²) in [6, 6.07) is 16.6. The lowest BCUT2D eigenvalue weighted by Crippen LogP contribution is -2.28. The van der Waals surface area contributed by atoms with Gasteiger partial charge in [0.1, 0.15) is 11.1 Å². The topological polar surface area (TPSA) is 53.2 Å². The first-order chi connectivity index (χ1) is 14.1. The number of rotatable bonds is 3. The average molecular weight is 382 g/mol. The third kappa shape index (κ3) is 2.41. The van der Waals surface area contributed by atoms with E-state index in [0.29, 0.717) is 22.2 Å². The van der Waals surface area contributed by atoms with E-state index >= 15 is 0 Å². The van der Waals surface area contributed by atoms with Crippen molar-refractivity contribution in [1.29, 1.82) is 0 Å². The zero-order chi connectivity index (χ0) is 20.1. The Labute approximate surface area is 166 Å². The summed E-state index contributed by atoms with van der Waals surface area (Å²) in [5.74, 6) is 0.598. The van der Waals surface area contributed by atoms with Gasteiger partial charge in [-0.2, -0.15) is 0 Å². The molecule has 0 atom stereocenters. The Morgan fingerprint density at radius 2 is 1.72 bits per heavy atom. The molecule has 0 saturated carbocycles. The molecule has 0 fully saturated rings. The number of fused-ring (bicyclic) bond motifs is 2. The summed E-state index contributed by atoms with van der Waals surface area (Å²) >= 11 is 0. The fraction of sp³-hybridized carbons (Fsp3) is 0.0833. The molecule has 1 aliphatic rings. The Morgan fingerprint density at radius 1 is 0.966 bits per heavy atom. The first-order valence-corrected chi connectivity index (χ1v) is 9.31. The van der Waals surface area contributed by atoms with Gasteiger partial charge in [-0.3, -0.25) is 14.2 Å². The number of benzene rings is 2. The van der Waals surface area contributed by atoms with E-state index in [1.54, 1.807) is 23.8 Å². The maximum atomic E-state index is 13.6. The van der Waals surface area contributed by atoms with Crippen LogP contribution in [0.1, 0.15) is 5.69 Å². The Balaban J connectivity index is 2.02. The number of hydrogen-bond donors (Lipinski definition) is 0. The van der Waals surface area contributed by atoms with Crippen LogP contribution in [-0.2, 0) is 7.05 Å². The van der Waals surface area contributed by atoms with E-state index in [1.165, 1.54) is 0 Å². The van der Waals surface area contributed by atoms with Gasteiger partial charge in [-0.25, -0.2) is 0 Å². The van der Waals surface area contributed by atoms with Crippen LogP contribution in [0, 0.1) is 0 Å². The fourth-order valence-corrected chi connectivity index (χ4v) is 3.96. The van der Waals surface area contributed by atoms with Gasteiger partial charge < -0.3 is 9.30 Å². The van der Waals surface area contributed by atoms with E-state index in [1.807, 2.05) is 72.3 Å². The monoisotopic (exact) mass is 382 g/mol. The van der Waals surface area contributed by atoms with Gasteiger partial charge in [-0.15, -0.1) is 0 Å². The van der Waals surface area contributed by atoms with Crippen molar-refractivity contribution >= 4 is 27.4 Å². The largest absolute Gasteiger partial charge is 0.495 e. The van der Waals surface area contributed by atoms with E-state index in [-0.39, 0.29) is 16.4 Å². The maximum Gasteiger partial charge on any atom is 0.268 e. The summed E-state index contributed by atoms with van der Waals surface area (Å²) in [5.41, 5.74) is 3.07. The van der Waals surface area contributed by atoms with Crippen molar-refractivity contribution in [1.82, 2.24) is 9.13 Å². The Kier molecular flexibility index (Phi) is 3.77. The van der Waals surface area contributed by atoms with Gasteiger partial charge in [0, 0.05) is 12.7 Å². The van der Waals surface area contributed by atoms with E-state index in [9.17, 15) is 9.59 Å². The number of aryl methyl sites for hydroxylation is 1. The van der Waals surface area contributed by atoms with Crippen molar-refractivity contribution in [3.8, 4) is 11.4 Å². The van der Waals surface area contributed by atoms with E-state index in [4.69, 9.17) is 4.74 Å². The van der Waals surface area contributed by atoms with Crippen molar-refractivity contribution in [2.45, 2.75) is 0 Å². The summed E-state index contributed by atoms with van der Waals surface area (Å²) in [6.07, 6.45) is 5.85. The highest BCUT2D eigenvalue weighted by atomic mass is 16.5. The van der Waals surface area contributed by atoms with Gasteiger partial charge in [0.2, 0.25) is 5.43 Å². The molecule has 0 amide bonds. The number of methoxy groups -OCH3 is 1. The predicted molar refractivity (Wildman–Crippen MR) is 116 cm³/mol. The van der Waals surface area contributed by atoms with Crippen molar-refractivity contribution in [3.05, 3.63) is 99.1 Å². The number of hydrogen-bond acceptors (Lipinski definition) is 3. The minimum Gasteiger partial charge on any atom is -0.495 e. The Hall–Kier alpha value is -3.86. The molecular formula is C24H18N2O3. The molecule has 2 heterocycles. The second-order valence-corrected chi connectivity index (χ2v) is 6.99. The minimum atomic E-state index is -0.324. The van der Waals surface area contributed by atoms with Gasteiger partial charge in [0.15, 0.2) is 0 Å². The average Bonchev–Trinajstić information content (AvgIpc) is 2.70. The molecule has 1 aliphatic carbocycles. The standard InChI is InChI=1S/C24H18N2O3/c1-25-19-14-18(15-8-6-9-15)26(16-10-4-3-5-11-16)24(28)21(19)23(27)17-12-7-13-20(29-2)22(17)25/h3-14H,1-2H3. The summed E-state index contributed by atoms with van der Waals surface area (Å²) in [6.45, 7) is 0. The van der Waals surface area contributed by atoms with Crippen LogP contribution >= 0.6 is 0 Å². The van der Waals surface area contributed by atoms with Crippen LogP contribution in [0.4, 0.5) is 0 Å². The third-order valence-corrected chi connectivity index (χ3v) is 5.44. The molecule has 0 unspecified atom stereocenters. The van der Waals surface area contributed by atoms with Gasteiger partial charge in [-0.05, 0) is 35.9 Å². The molecule has 0 radical (unpaired) electrons. The quantitative estimate of drug-likeness (QED) is 0.507. The third-order valence-electron chi connectivity index (χ3n) is 5.44. The van der Waals surface area contributed by atoms with E-state index in [2.05, 4.69) is 0 Å². The van der Waals surface area contributed by atoms with Gasteiger partial charge >= 0.3 is 0 Å². The first kappa shape index (κ1) is 17.3. The van der Waals surface area contributed by atoms with Crippen molar-refractivity contribution < 1.29 is 4.74 Å². The number of aromatic nitrogens is 2. The van der Waals surface area contributed by atoms with Crippen LogP contribution < -0.4 is 15.7 Å². The van der Waals surface area contributed by atoms with Gasteiger partial charge in [0.05, 0.1) is 29.2 Å². The number of nitrogens with zero attached hydrogens (tertiary/aromatic N) is 2. The SMILES string of the molecule is COc1cccc2c(=O)c3c(=O)n(-c4ccccc4)c(C4=CC=C4)cc3n(C)c12. The van der Waals surface area contributed by atoms with Crippen LogP contribution in [0.5, 0.6) is 5.75 Å². The highest BCUT2D eigenvalue weighted by molar-refractivity contribution is 5.97. The molecule has 5 heteroatoms. The van der Waals surface area contributed by atoms with Crippen LogP contribution in [0.2, 0.25) is 0 Å². The summed E-state index contributed by atoms with van der Waals surface area (Å²) in [5, 5.41) is 0.635. The normalized spacial score (nSPS) is 12.8. The molecule has 0 spiro atoms. The van der Waals surface area contributed by atoms with Crippen molar-refractivity contribution in [2.75, 3.05) is 7.11 Å². The lowest BCUT2D eigenvalue weighted by Gasteiger charge is -2.19. The van der Waals surface area contributed by atoms with Crippen molar-refractivity contribution in [2.24, 2.45) is 7.05 Å². The highest BCUT2D eigenvalue weighted by Crippen LogP contribution is 2.29. The number of pyridine rings is 2. The lowest BCUT2D eigenvalue weighted by molar-refractivity contribution is 0.418. The Bertz CT molecular complexity index is 1470. The zero-order valence-corrected chi connectivity index (χ0v) is 16.0. The van der Waals surface area contributed by atoms with Crippen LogP contribution in [0.3, 0.4) is 0 Å². The van der Waals surface area contributed by atoms with E-state index in [0.717, 1.165) is 17.0 Å². The van der Waals surface area contributed by atoms with Crippen LogP contribution in [0.15, 0.2) is 82.4 Å². The predicted octanol–water partition coefficient (Wildman–Crippen LogP) is 3.80. The molecule has 0 saturated heterocycles. The summed E-state index contributed by atoms with van der Waals surface area (Å²) in [7, 11) is 3.43. The molecule has 142 valence electrons. The van der Waals surface area contributed by atoms with Crippen molar-refractivity contribution in [3.63, 3.8) is 0 Å². The molecule has 2 aromatic heterocycles.